The van der Waals surface area contributed by atoms with Gasteiger partial charge < -0.3 is 20.3 Å². The van der Waals surface area contributed by atoms with E-state index in [4.69, 9.17) is 0 Å². The highest BCUT2D eigenvalue weighted by Crippen LogP contribution is 2.16. The van der Waals surface area contributed by atoms with Crippen LogP contribution in [-0.2, 0) is 14.3 Å². The van der Waals surface area contributed by atoms with Crippen molar-refractivity contribution in [2.24, 2.45) is 0 Å². The summed E-state index contributed by atoms with van der Waals surface area (Å²) in [6, 6.07) is 12.5. The molecule has 0 aromatic heterocycles. The molecule has 164 valence electrons. The van der Waals surface area contributed by atoms with E-state index in [1.165, 1.54) is 43.5 Å². The summed E-state index contributed by atoms with van der Waals surface area (Å²) in [5, 5.41) is 5.11. The van der Waals surface area contributed by atoms with Crippen molar-refractivity contribution in [2.45, 2.75) is 0 Å². The van der Waals surface area contributed by atoms with Gasteiger partial charge >= 0.3 is 17.8 Å². The van der Waals surface area contributed by atoms with E-state index in [1.807, 2.05) is 0 Å². The average molecular weight is 428 g/mol. The summed E-state index contributed by atoms with van der Waals surface area (Å²) in [6.45, 7) is 4.22. The summed E-state index contributed by atoms with van der Waals surface area (Å²) in [5.41, 5.74) is 1.75. The summed E-state index contributed by atoms with van der Waals surface area (Å²) >= 11 is 0. The number of esters is 1. The molecule has 31 heavy (non-hydrogen) atoms. The smallest absolute Gasteiger partial charge is 0.337 e. The molecule has 3 rings (SSSR count). The second-order valence-electron chi connectivity index (χ2n) is 7.08. The van der Waals surface area contributed by atoms with Gasteiger partial charge in [0.25, 0.3) is 0 Å². The van der Waals surface area contributed by atoms with Crippen molar-refractivity contribution >= 4 is 29.2 Å². The Hall–Kier alpha value is -3.46. The third-order valence-corrected chi connectivity index (χ3v) is 5.05. The van der Waals surface area contributed by atoms with Crippen LogP contribution in [0.4, 0.5) is 15.8 Å². The van der Waals surface area contributed by atoms with Gasteiger partial charge in [0.2, 0.25) is 0 Å². The van der Waals surface area contributed by atoms with Crippen LogP contribution < -0.4 is 15.5 Å². The van der Waals surface area contributed by atoms with Gasteiger partial charge in [-0.15, -0.1) is 0 Å². The number of piperazine rings is 1. The predicted molar refractivity (Wildman–Crippen MR) is 114 cm³/mol. The van der Waals surface area contributed by atoms with Gasteiger partial charge in [-0.1, -0.05) is 0 Å². The summed E-state index contributed by atoms with van der Waals surface area (Å²) in [7, 11) is 1.29. The minimum Gasteiger partial charge on any atom is -0.465 e. The number of ether oxygens (including phenoxy) is 1. The normalized spacial score (nSPS) is 14.1. The Morgan fingerprint density at radius 1 is 0.935 bits per heavy atom. The first-order valence-electron chi connectivity index (χ1n) is 9.96. The molecule has 0 unspecified atom stereocenters. The Morgan fingerprint density at radius 3 is 2.19 bits per heavy atom. The van der Waals surface area contributed by atoms with Crippen molar-refractivity contribution in [1.82, 2.24) is 10.2 Å². The maximum absolute atomic E-state index is 13.1. The van der Waals surface area contributed by atoms with Gasteiger partial charge in [0, 0.05) is 50.6 Å². The van der Waals surface area contributed by atoms with Crippen molar-refractivity contribution < 1.29 is 23.5 Å². The van der Waals surface area contributed by atoms with E-state index >= 15 is 0 Å². The molecule has 2 N–H and O–H groups in total. The highest BCUT2D eigenvalue weighted by Gasteiger charge is 2.18. The zero-order valence-electron chi connectivity index (χ0n) is 17.3. The van der Waals surface area contributed by atoms with Crippen LogP contribution in [0.5, 0.6) is 0 Å². The summed E-state index contributed by atoms with van der Waals surface area (Å²) in [4.78, 5) is 39.9. The molecule has 8 nitrogen and oxygen atoms in total. The third-order valence-electron chi connectivity index (χ3n) is 5.05. The SMILES string of the molecule is COC(=O)c1ccc(NC(=O)C(=O)NCCN2CCN(c3ccc(F)cc3)CC2)cc1. The van der Waals surface area contributed by atoms with E-state index in [0.29, 0.717) is 24.3 Å². The third kappa shape index (κ3) is 6.26. The molecule has 1 heterocycles. The van der Waals surface area contributed by atoms with E-state index in [-0.39, 0.29) is 5.82 Å². The van der Waals surface area contributed by atoms with Gasteiger partial charge in [-0.25, -0.2) is 9.18 Å². The van der Waals surface area contributed by atoms with Crippen LogP contribution in [0.3, 0.4) is 0 Å². The van der Waals surface area contributed by atoms with Gasteiger partial charge in [0.1, 0.15) is 5.82 Å². The molecule has 2 aromatic carbocycles. The number of hydrogen-bond donors (Lipinski definition) is 2. The lowest BCUT2D eigenvalue weighted by Gasteiger charge is -2.36. The van der Waals surface area contributed by atoms with Crippen molar-refractivity contribution in [3.05, 3.63) is 59.9 Å². The Labute approximate surface area is 180 Å². The van der Waals surface area contributed by atoms with Crippen LogP contribution in [0.15, 0.2) is 48.5 Å². The van der Waals surface area contributed by atoms with Crippen LogP contribution >= 0.6 is 0 Å². The lowest BCUT2D eigenvalue weighted by Crippen LogP contribution is -2.49. The maximum Gasteiger partial charge on any atom is 0.337 e. The second kappa shape index (κ2) is 10.5. The highest BCUT2D eigenvalue weighted by molar-refractivity contribution is 6.39. The monoisotopic (exact) mass is 428 g/mol. The molecule has 1 aliphatic heterocycles. The fourth-order valence-corrected chi connectivity index (χ4v) is 3.28. The number of hydrogen-bond acceptors (Lipinski definition) is 6. The van der Waals surface area contributed by atoms with Crippen molar-refractivity contribution in [2.75, 3.05) is 56.6 Å². The second-order valence-corrected chi connectivity index (χ2v) is 7.08. The van der Waals surface area contributed by atoms with E-state index < -0.39 is 17.8 Å². The van der Waals surface area contributed by atoms with Crippen LogP contribution in [-0.4, -0.2) is 69.1 Å². The zero-order chi connectivity index (χ0) is 22.2. The number of carbonyl (C=O) groups is 3. The number of nitrogens with zero attached hydrogens (tertiary/aromatic N) is 2. The van der Waals surface area contributed by atoms with E-state index in [1.54, 1.807) is 12.1 Å². The number of carbonyl (C=O) groups excluding carboxylic acids is 3. The Bertz CT molecular complexity index is 910. The fourth-order valence-electron chi connectivity index (χ4n) is 3.28. The van der Waals surface area contributed by atoms with E-state index in [0.717, 1.165) is 31.9 Å². The van der Waals surface area contributed by atoms with Gasteiger partial charge in [0.15, 0.2) is 0 Å². The molecule has 9 heteroatoms. The number of rotatable bonds is 6. The Balaban J connectivity index is 1.36. The van der Waals surface area contributed by atoms with Gasteiger partial charge in [-0.05, 0) is 48.5 Å². The molecule has 0 aliphatic carbocycles. The number of nitrogens with one attached hydrogen (secondary N) is 2. The topological polar surface area (TPSA) is 91.0 Å². The van der Waals surface area contributed by atoms with E-state index in [9.17, 15) is 18.8 Å². The minimum atomic E-state index is -0.771. The van der Waals surface area contributed by atoms with Crippen molar-refractivity contribution in [3.8, 4) is 0 Å². The molecule has 0 spiro atoms. The maximum atomic E-state index is 13.1. The first kappa shape index (κ1) is 22.2. The highest BCUT2D eigenvalue weighted by atomic mass is 19.1. The number of methoxy groups -OCH3 is 1. The van der Waals surface area contributed by atoms with Gasteiger partial charge in [0.05, 0.1) is 12.7 Å². The van der Waals surface area contributed by atoms with Crippen LogP contribution in [0.1, 0.15) is 10.4 Å². The molecule has 0 saturated carbocycles. The molecule has 0 atom stereocenters. The van der Waals surface area contributed by atoms with Crippen LogP contribution in [0.25, 0.3) is 0 Å². The first-order valence-corrected chi connectivity index (χ1v) is 9.96. The predicted octanol–water partition coefficient (Wildman–Crippen LogP) is 1.49. The Morgan fingerprint density at radius 2 is 1.58 bits per heavy atom. The molecule has 0 radical (unpaired) electrons. The summed E-state index contributed by atoms with van der Waals surface area (Å²) in [5.74, 6) is -2.22. The quantitative estimate of drug-likeness (QED) is 0.535. The minimum absolute atomic E-state index is 0.250. The largest absolute Gasteiger partial charge is 0.465 e. The van der Waals surface area contributed by atoms with Crippen LogP contribution in [0.2, 0.25) is 0 Å². The van der Waals surface area contributed by atoms with Gasteiger partial charge in [-0.2, -0.15) is 0 Å². The molecular formula is C22H25FN4O4. The average Bonchev–Trinajstić information content (AvgIpc) is 2.80. The molecular weight excluding hydrogens is 403 g/mol. The molecule has 0 bridgehead atoms. The van der Waals surface area contributed by atoms with Crippen molar-refractivity contribution in [3.63, 3.8) is 0 Å². The van der Waals surface area contributed by atoms with Gasteiger partial charge in [-0.3, -0.25) is 14.5 Å². The molecule has 1 aliphatic rings. The Kier molecular flexibility index (Phi) is 7.55. The number of halogens is 1. The molecule has 2 amide bonds. The summed E-state index contributed by atoms with van der Waals surface area (Å²) in [6.07, 6.45) is 0. The lowest BCUT2D eigenvalue weighted by atomic mass is 10.2. The standard InChI is InChI=1S/C22H25FN4O4/c1-31-22(30)16-2-6-18(7-3-16)25-21(29)20(28)24-10-11-26-12-14-27(15-13-26)19-8-4-17(23)5-9-19/h2-9H,10-15H2,1H3,(H,24,28)(H,25,29). The molecule has 1 saturated heterocycles. The molecule has 2 aromatic rings. The molecule has 1 fully saturated rings. The lowest BCUT2D eigenvalue weighted by molar-refractivity contribution is -0.136. The number of anilines is 2. The van der Waals surface area contributed by atoms with Crippen molar-refractivity contribution in [1.29, 1.82) is 0 Å². The summed E-state index contributed by atoms with van der Waals surface area (Å²) < 4.78 is 17.7. The fraction of sp³-hybridized carbons (Fsp3) is 0.318. The van der Waals surface area contributed by atoms with Crippen LogP contribution in [0, 0.1) is 5.82 Å². The van der Waals surface area contributed by atoms with E-state index in [2.05, 4.69) is 25.2 Å². The zero-order valence-corrected chi connectivity index (χ0v) is 17.3. The number of benzene rings is 2. The number of amides is 2. The first-order chi connectivity index (χ1) is 15.0.